The lowest BCUT2D eigenvalue weighted by Crippen LogP contribution is -2.32. The number of amides is 2. The van der Waals surface area contributed by atoms with Crippen LogP contribution in [0.4, 0.5) is 16.2 Å². The van der Waals surface area contributed by atoms with Crippen LogP contribution in [0.2, 0.25) is 0 Å². The Balaban J connectivity index is 2.09. The van der Waals surface area contributed by atoms with Crippen LogP contribution in [-0.4, -0.2) is 35.1 Å². The van der Waals surface area contributed by atoms with E-state index in [0.717, 1.165) is 25.9 Å². The molecular weight excluding hydrogens is 234 g/mol. The molecular formula is C12H15N3O3. The molecule has 0 atom stereocenters. The molecule has 0 bridgehead atoms. The molecule has 6 heteroatoms. The molecule has 0 saturated carbocycles. The third-order valence-electron chi connectivity index (χ3n) is 2.93. The maximum Gasteiger partial charge on any atom is 0.335 e. The maximum absolute atomic E-state index is 11.8. The van der Waals surface area contributed by atoms with Gasteiger partial charge in [-0.05, 0) is 31.0 Å². The number of carbonyl (C=O) groups excluding carboxylic acids is 1. The van der Waals surface area contributed by atoms with Crippen molar-refractivity contribution in [3.8, 4) is 0 Å². The highest BCUT2D eigenvalue weighted by molar-refractivity contribution is 5.95. The van der Waals surface area contributed by atoms with Crippen LogP contribution in [0.3, 0.4) is 0 Å². The maximum atomic E-state index is 11.8. The molecule has 2 amide bonds. The van der Waals surface area contributed by atoms with Gasteiger partial charge in [0.25, 0.3) is 0 Å². The Morgan fingerprint density at radius 3 is 2.50 bits per heavy atom. The molecule has 96 valence electrons. The number of nitrogens with one attached hydrogen (secondary N) is 1. The lowest BCUT2D eigenvalue weighted by atomic mass is 10.2. The summed E-state index contributed by atoms with van der Waals surface area (Å²) in [5.41, 5.74) is 6.51. The Morgan fingerprint density at radius 2 is 1.94 bits per heavy atom. The van der Waals surface area contributed by atoms with Crippen LogP contribution in [-0.2, 0) is 0 Å². The predicted molar refractivity (Wildman–Crippen MR) is 67.6 cm³/mol. The highest BCUT2D eigenvalue weighted by Crippen LogP contribution is 2.21. The van der Waals surface area contributed by atoms with E-state index in [1.165, 1.54) is 18.2 Å². The minimum Gasteiger partial charge on any atom is -0.478 e. The van der Waals surface area contributed by atoms with Gasteiger partial charge in [-0.3, -0.25) is 0 Å². The number of nitrogens with two attached hydrogens (primary N) is 1. The molecule has 6 nitrogen and oxygen atoms in total. The van der Waals surface area contributed by atoms with Crippen molar-refractivity contribution >= 4 is 23.4 Å². The molecule has 1 aliphatic heterocycles. The van der Waals surface area contributed by atoms with Crippen LogP contribution < -0.4 is 11.1 Å². The molecule has 1 fully saturated rings. The van der Waals surface area contributed by atoms with Crippen molar-refractivity contribution in [2.45, 2.75) is 12.8 Å². The Bertz CT molecular complexity index is 481. The summed E-state index contributed by atoms with van der Waals surface area (Å²) in [6.45, 7) is 1.50. The molecule has 1 saturated heterocycles. The number of nitrogens with zero attached hydrogens (tertiary/aromatic N) is 1. The summed E-state index contributed by atoms with van der Waals surface area (Å²) < 4.78 is 0. The van der Waals surface area contributed by atoms with Crippen LogP contribution in [0.15, 0.2) is 18.2 Å². The molecule has 2 rings (SSSR count). The summed E-state index contributed by atoms with van der Waals surface area (Å²) in [6.07, 6.45) is 2.03. The summed E-state index contributed by atoms with van der Waals surface area (Å²) in [6, 6.07) is 4.06. The van der Waals surface area contributed by atoms with Gasteiger partial charge in [-0.2, -0.15) is 0 Å². The van der Waals surface area contributed by atoms with Gasteiger partial charge in [0.1, 0.15) is 0 Å². The molecule has 1 aliphatic rings. The third kappa shape index (κ3) is 2.53. The van der Waals surface area contributed by atoms with Crippen LogP contribution in [0, 0.1) is 0 Å². The second-order valence-electron chi connectivity index (χ2n) is 4.23. The fraction of sp³-hybridized carbons (Fsp3) is 0.333. The number of carbonyl (C=O) groups is 2. The first-order valence-corrected chi connectivity index (χ1v) is 5.76. The number of urea groups is 1. The number of benzene rings is 1. The van der Waals surface area contributed by atoms with Gasteiger partial charge in [0.2, 0.25) is 0 Å². The van der Waals surface area contributed by atoms with Gasteiger partial charge in [-0.1, -0.05) is 0 Å². The third-order valence-corrected chi connectivity index (χ3v) is 2.93. The van der Waals surface area contributed by atoms with Crippen molar-refractivity contribution in [3.05, 3.63) is 23.8 Å². The van der Waals surface area contributed by atoms with E-state index in [1.807, 2.05) is 0 Å². The molecule has 0 unspecified atom stereocenters. The van der Waals surface area contributed by atoms with Crippen LogP contribution in [0.25, 0.3) is 0 Å². The van der Waals surface area contributed by atoms with Gasteiger partial charge in [0.05, 0.1) is 16.9 Å². The molecule has 18 heavy (non-hydrogen) atoms. The number of likely N-dealkylation sites (tertiary alicyclic amines) is 1. The average molecular weight is 249 g/mol. The Morgan fingerprint density at radius 1 is 1.28 bits per heavy atom. The first-order valence-electron chi connectivity index (χ1n) is 5.76. The summed E-state index contributed by atoms with van der Waals surface area (Å²) in [7, 11) is 0. The fourth-order valence-electron chi connectivity index (χ4n) is 1.92. The first-order chi connectivity index (χ1) is 8.58. The smallest absolute Gasteiger partial charge is 0.335 e. The summed E-state index contributed by atoms with van der Waals surface area (Å²) in [4.78, 5) is 24.3. The number of rotatable bonds is 2. The second kappa shape index (κ2) is 4.95. The monoisotopic (exact) mass is 249 g/mol. The van der Waals surface area contributed by atoms with Gasteiger partial charge in [0, 0.05) is 13.1 Å². The second-order valence-corrected chi connectivity index (χ2v) is 4.23. The predicted octanol–water partition coefficient (Wildman–Crippen LogP) is 1.59. The lowest BCUT2D eigenvalue weighted by Gasteiger charge is -2.17. The fourth-order valence-corrected chi connectivity index (χ4v) is 1.92. The topological polar surface area (TPSA) is 95.7 Å². The summed E-state index contributed by atoms with van der Waals surface area (Å²) >= 11 is 0. The van der Waals surface area contributed by atoms with Crippen molar-refractivity contribution in [3.63, 3.8) is 0 Å². The lowest BCUT2D eigenvalue weighted by molar-refractivity contribution is 0.0697. The van der Waals surface area contributed by atoms with Crippen LogP contribution in [0.1, 0.15) is 23.2 Å². The normalized spacial score (nSPS) is 14.6. The van der Waals surface area contributed by atoms with Gasteiger partial charge < -0.3 is 21.1 Å². The molecule has 1 heterocycles. The van der Waals surface area contributed by atoms with E-state index in [9.17, 15) is 9.59 Å². The summed E-state index contributed by atoms with van der Waals surface area (Å²) in [5, 5.41) is 11.5. The Labute approximate surface area is 104 Å². The summed E-state index contributed by atoms with van der Waals surface area (Å²) in [5.74, 6) is -1.04. The van der Waals surface area contributed by atoms with Gasteiger partial charge in [-0.15, -0.1) is 0 Å². The zero-order chi connectivity index (χ0) is 13.1. The molecule has 0 aliphatic carbocycles. The largest absolute Gasteiger partial charge is 0.478 e. The molecule has 0 spiro atoms. The van der Waals surface area contributed by atoms with Gasteiger partial charge in [-0.25, -0.2) is 9.59 Å². The number of anilines is 2. The van der Waals surface area contributed by atoms with E-state index in [4.69, 9.17) is 10.8 Å². The first kappa shape index (κ1) is 12.2. The standard InChI is InChI=1S/C12H15N3O3/c13-9-7-8(11(16)17)3-4-10(9)14-12(18)15-5-1-2-6-15/h3-4,7H,1-2,5-6,13H2,(H,14,18)(H,16,17). The van der Waals surface area contributed by atoms with Crippen LogP contribution in [0.5, 0.6) is 0 Å². The van der Waals surface area contributed by atoms with E-state index in [2.05, 4.69) is 5.32 Å². The number of hydrogen-bond donors (Lipinski definition) is 3. The van der Waals surface area contributed by atoms with Crippen molar-refractivity contribution in [2.24, 2.45) is 0 Å². The zero-order valence-electron chi connectivity index (χ0n) is 9.85. The van der Waals surface area contributed by atoms with E-state index < -0.39 is 5.97 Å². The highest BCUT2D eigenvalue weighted by Gasteiger charge is 2.18. The van der Waals surface area contributed by atoms with Gasteiger partial charge >= 0.3 is 12.0 Å². The van der Waals surface area contributed by atoms with Crippen LogP contribution >= 0.6 is 0 Å². The Kier molecular flexibility index (Phi) is 3.36. The van der Waals surface area contributed by atoms with Crippen molar-refractivity contribution in [1.82, 2.24) is 4.90 Å². The van der Waals surface area contributed by atoms with E-state index in [0.29, 0.717) is 5.69 Å². The van der Waals surface area contributed by atoms with Gasteiger partial charge in [0.15, 0.2) is 0 Å². The molecule has 0 aromatic heterocycles. The number of nitrogen functional groups attached to an aromatic ring is 1. The van der Waals surface area contributed by atoms with Crippen molar-refractivity contribution in [2.75, 3.05) is 24.1 Å². The Hall–Kier alpha value is -2.24. The minimum atomic E-state index is -1.04. The quantitative estimate of drug-likeness (QED) is 0.693. The van der Waals surface area contributed by atoms with Crippen molar-refractivity contribution in [1.29, 1.82) is 0 Å². The zero-order valence-corrected chi connectivity index (χ0v) is 9.85. The van der Waals surface area contributed by atoms with E-state index in [-0.39, 0.29) is 17.3 Å². The molecule has 1 aromatic carbocycles. The SMILES string of the molecule is Nc1cc(C(=O)O)ccc1NC(=O)N1CCCC1. The number of carboxylic acid groups (broad SMARTS) is 1. The molecule has 4 N–H and O–H groups in total. The van der Waals surface area contributed by atoms with Crippen molar-refractivity contribution < 1.29 is 14.7 Å². The number of aromatic carboxylic acids is 1. The highest BCUT2D eigenvalue weighted by atomic mass is 16.4. The number of carboxylic acids is 1. The minimum absolute atomic E-state index is 0.103. The molecule has 0 radical (unpaired) electrons. The van der Waals surface area contributed by atoms with E-state index in [1.54, 1.807) is 4.90 Å². The number of hydrogen-bond acceptors (Lipinski definition) is 3. The molecule has 1 aromatic rings. The van der Waals surface area contributed by atoms with E-state index >= 15 is 0 Å². The average Bonchev–Trinajstić information content (AvgIpc) is 2.85.